The number of hydrogen-bond acceptors (Lipinski definition) is 4. The molecule has 0 aliphatic heterocycles. The lowest BCUT2D eigenvalue weighted by molar-refractivity contribution is 0.272. The Balaban J connectivity index is 3.55. The fraction of sp³-hybridized carbons (Fsp3) is 0.900. The van der Waals surface area contributed by atoms with Gasteiger partial charge in [-0.15, -0.1) is 0 Å². The molecule has 0 aromatic heterocycles. The van der Waals surface area contributed by atoms with Gasteiger partial charge in [-0.2, -0.15) is 0 Å². The molecule has 0 aromatic carbocycles. The molecule has 0 radical (unpaired) electrons. The second-order valence-electron chi connectivity index (χ2n) is 4.20. The Bertz CT molecular complexity index is 194. The first kappa shape index (κ1) is 14.2. The van der Waals surface area contributed by atoms with Gasteiger partial charge >= 0.3 is 0 Å². The van der Waals surface area contributed by atoms with E-state index >= 15 is 0 Å². The molecule has 0 aliphatic carbocycles. The molecule has 0 heterocycles. The molecule has 0 aromatic rings. The summed E-state index contributed by atoms with van der Waals surface area (Å²) in [6, 6.07) is 0.563. The Kier molecular flexibility index (Phi) is 7.07. The number of amidine groups is 1. The molecule has 1 atom stereocenters. The van der Waals surface area contributed by atoms with Crippen molar-refractivity contribution in [3.8, 4) is 0 Å². The van der Waals surface area contributed by atoms with Gasteiger partial charge in [-0.3, -0.25) is 0 Å². The molecule has 5 heteroatoms. The summed E-state index contributed by atoms with van der Waals surface area (Å²) in [5.41, 5.74) is 5.46. The van der Waals surface area contributed by atoms with Crippen LogP contribution >= 0.6 is 0 Å². The summed E-state index contributed by atoms with van der Waals surface area (Å²) in [4.78, 5) is 2.27. The van der Waals surface area contributed by atoms with Gasteiger partial charge in [0.25, 0.3) is 0 Å². The maximum Gasteiger partial charge on any atom is 0.143 e. The number of hydrogen-bond donors (Lipinski definition) is 3. The lowest BCUT2D eigenvalue weighted by atomic mass is 10.1. The van der Waals surface area contributed by atoms with Crippen LogP contribution in [0.2, 0.25) is 0 Å². The van der Waals surface area contributed by atoms with Crippen LogP contribution in [0.4, 0.5) is 0 Å². The first-order valence-corrected chi connectivity index (χ1v) is 5.37. The lowest BCUT2D eigenvalue weighted by Crippen LogP contribution is -2.37. The monoisotopic (exact) mass is 216 g/mol. The largest absolute Gasteiger partial charge is 0.409 e. The highest BCUT2D eigenvalue weighted by atomic mass is 16.4. The van der Waals surface area contributed by atoms with Crippen LogP contribution in [0.25, 0.3) is 0 Å². The van der Waals surface area contributed by atoms with Crippen LogP contribution in [-0.4, -0.2) is 48.7 Å². The second kappa shape index (κ2) is 7.48. The molecule has 90 valence electrons. The fourth-order valence-electron chi connectivity index (χ4n) is 1.04. The van der Waals surface area contributed by atoms with Crippen LogP contribution in [-0.2, 0) is 0 Å². The Morgan fingerprint density at radius 2 is 2.07 bits per heavy atom. The van der Waals surface area contributed by atoms with Crippen molar-refractivity contribution in [3.05, 3.63) is 0 Å². The highest BCUT2D eigenvalue weighted by molar-refractivity contribution is 5.82. The SMILES string of the molecule is CC(CNCCN(C)C(C)C)C(N)=NO. The summed E-state index contributed by atoms with van der Waals surface area (Å²) < 4.78 is 0. The van der Waals surface area contributed by atoms with Gasteiger partial charge < -0.3 is 21.2 Å². The Hall–Kier alpha value is -0.810. The van der Waals surface area contributed by atoms with Gasteiger partial charge in [0, 0.05) is 31.6 Å². The zero-order valence-electron chi connectivity index (χ0n) is 10.2. The van der Waals surface area contributed by atoms with Crippen molar-refractivity contribution in [1.82, 2.24) is 10.2 Å². The van der Waals surface area contributed by atoms with Crippen LogP contribution < -0.4 is 11.1 Å². The number of nitrogens with one attached hydrogen (secondary N) is 1. The van der Waals surface area contributed by atoms with Gasteiger partial charge in [0.2, 0.25) is 0 Å². The molecular formula is C10H24N4O. The molecule has 1 unspecified atom stereocenters. The second-order valence-corrected chi connectivity index (χ2v) is 4.20. The number of likely N-dealkylation sites (N-methyl/N-ethyl adjacent to an activating group) is 1. The summed E-state index contributed by atoms with van der Waals surface area (Å²) >= 11 is 0. The summed E-state index contributed by atoms with van der Waals surface area (Å²) in [7, 11) is 2.10. The van der Waals surface area contributed by atoms with Gasteiger partial charge in [-0.25, -0.2) is 0 Å². The quantitative estimate of drug-likeness (QED) is 0.188. The van der Waals surface area contributed by atoms with Gasteiger partial charge in [-0.1, -0.05) is 12.1 Å². The first-order valence-electron chi connectivity index (χ1n) is 5.37. The molecule has 0 saturated heterocycles. The summed E-state index contributed by atoms with van der Waals surface area (Å²) in [6.45, 7) is 8.91. The maximum absolute atomic E-state index is 8.45. The van der Waals surface area contributed by atoms with E-state index in [1.165, 1.54) is 0 Å². The minimum atomic E-state index is 0.0688. The predicted molar refractivity (Wildman–Crippen MR) is 63.2 cm³/mol. The van der Waals surface area contributed by atoms with Gasteiger partial charge in [0.05, 0.1) is 0 Å². The molecule has 0 fully saturated rings. The van der Waals surface area contributed by atoms with Crippen LogP contribution in [0.5, 0.6) is 0 Å². The van der Waals surface area contributed by atoms with E-state index in [1.54, 1.807) is 0 Å². The Morgan fingerprint density at radius 1 is 1.47 bits per heavy atom. The summed E-state index contributed by atoms with van der Waals surface area (Å²) in [5, 5.41) is 14.7. The predicted octanol–water partition coefficient (Wildman–Crippen LogP) is 0.299. The van der Waals surface area contributed by atoms with E-state index in [2.05, 4.69) is 36.3 Å². The average molecular weight is 216 g/mol. The lowest BCUT2D eigenvalue weighted by Gasteiger charge is -2.21. The third-order valence-corrected chi connectivity index (χ3v) is 2.59. The number of oxime groups is 1. The van der Waals surface area contributed by atoms with Crippen molar-refractivity contribution in [3.63, 3.8) is 0 Å². The van der Waals surface area contributed by atoms with Crippen LogP contribution in [0.3, 0.4) is 0 Å². The van der Waals surface area contributed by atoms with Crippen molar-refractivity contribution in [2.45, 2.75) is 26.8 Å². The Labute approximate surface area is 92.3 Å². The molecule has 0 aliphatic rings. The molecule has 5 nitrogen and oxygen atoms in total. The molecule has 0 rings (SSSR count). The van der Waals surface area contributed by atoms with E-state index in [-0.39, 0.29) is 11.8 Å². The van der Waals surface area contributed by atoms with Crippen LogP contribution in [0, 0.1) is 5.92 Å². The summed E-state index contributed by atoms with van der Waals surface area (Å²) in [5.74, 6) is 0.346. The zero-order valence-corrected chi connectivity index (χ0v) is 10.2. The van der Waals surface area contributed by atoms with Gasteiger partial charge in [-0.05, 0) is 20.9 Å². The molecule has 15 heavy (non-hydrogen) atoms. The van der Waals surface area contributed by atoms with E-state index in [1.807, 2.05) is 6.92 Å². The zero-order chi connectivity index (χ0) is 11.8. The fourth-order valence-corrected chi connectivity index (χ4v) is 1.04. The van der Waals surface area contributed by atoms with Crippen molar-refractivity contribution < 1.29 is 5.21 Å². The van der Waals surface area contributed by atoms with Gasteiger partial charge in [0.1, 0.15) is 5.84 Å². The smallest absolute Gasteiger partial charge is 0.143 e. The van der Waals surface area contributed by atoms with Crippen molar-refractivity contribution in [2.24, 2.45) is 16.8 Å². The highest BCUT2D eigenvalue weighted by Crippen LogP contribution is 1.93. The molecule has 0 bridgehead atoms. The van der Waals surface area contributed by atoms with E-state index in [0.717, 1.165) is 19.6 Å². The Morgan fingerprint density at radius 3 is 2.53 bits per heavy atom. The van der Waals surface area contributed by atoms with E-state index in [0.29, 0.717) is 6.04 Å². The third-order valence-electron chi connectivity index (χ3n) is 2.59. The van der Waals surface area contributed by atoms with E-state index < -0.39 is 0 Å². The van der Waals surface area contributed by atoms with Crippen molar-refractivity contribution >= 4 is 5.84 Å². The minimum absolute atomic E-state index is 0.0688. The number of nitrogens with zero attached hydrogens (tertiary/aromatic N) is 2. The van der Waals surface area contributed by atoms with E-state index in [9.17, 15) is 0 Å². The summed E-state index contributed by atoms with van der Waals surface area (Å²) in [6.07, 6.45) is 0. The van der Waals surface area contributed by atoms with Crippen molar-refractivity contribution in [2.75, 3.05) is 26.7 Å². The molecule has 0 saturated carbocycles. The van der Waals surface area contributed by atoms with E-state index in [4.69, 9.17) is 10.9 Å². The molecule has 4 N–H and O–H groups in total. The van der Waals surface area contributed by atoms with Gasteiger partial charge in [0.15, 0.2) is 0 Å². The number of rotatable bonds is 7. The highest BCUT2D eigenvalue weighted by Gasteiger charge is 2.07. The number of nitrogens with two attached hydrogens (primary N) is 1. The van der Waals surface area contributed by atoms with Crippen LogP contribution in [0.15, 0.2) is 5.16 Å². The molecular weight excluding hydrogens is 192 g/mol. The average Bonchev–Trinajstić information content (AvgIpc) is 2.22. The first-order chi connectivity index (χ1) is 6.99. The molecule has 0 amide bonds. The molecule has 0 spiro atoms. The third kappa shape index (κ3) is 6.30. The normalized spacial score (nSPS) is 14.9. The van der Waals surface area contributed by atoms with Crippen molar-refractivity contribution in [1.29, 1.82) is 0 Å². The standard InChI is InChI=1S/C10H24N4O/c1-8(2)14(4)6-5-12-7-9(3)10(11)13-15/h8-9,12,15H,5-7H2,1-4H3,(H2,11,13). The minimum Gasteiger partial charge on any atom is -0.409 e. The maximum atomic E-state index is 8.45. The topological polar surface area (TPSA) is 73.9 Å². The van der Waals surface area contributed by atoms with Crippen LogP contribution in [0.1, 0.15) is 20.8 Å².